The molecule has 20 heavy (non-hydrogen) atoms. The Hall–Kier alpha value is -0.210. The van der Waals surface area contributed by atoms with Gasteiger partial charge in [-0.05, 0) is 39.5 Å². The third-order valence-electron chi connectivity index (χ3n) is 3.33. The maximum absolute atomic E-state index is 12.9. The van der Waals surface area contributed by atoms with Crippen molar-refractivity contribution in [2.24, 2.45) is 22.6 Å². The van der Waals surface area contributed by atoms with E-state index in [1.54, 1.807) is 0 Å². The summed E-state index contributed by atoms with van der Waals surface area (Å²) in [5, 5.41) is 2.96. The van der Waals surface area contributed by atoms with Crippen molar-refractivity contribution in [2.45, 2.75) is 58.2 Å². The van der Waals surface area contributed by atoms with Gasteiger partial charge in [-0.15, -0.1) is 24.0 Å². The van der Waals surface area contributed by atoms with Crippen LogP contribution in [-0.2, 0) is 0 Å². The molecule has 120 valence electrons. The van der Waals surface area contributed by atoms with Crippen molar-refractivity contribution in [3.63, 3.8) is 0 Å². The average Bonchev–Trinajstić information content (AvgIpc) is 2.23. The molecule has 0 radical (unpaired) electrons. The van der Waals surface area contributed by atoms with Crippen molar-refractivity contribution in [1.82, 2.24) is 5.32 Å². The monoisotopic (exact) mass is 407 g/mol. The number of guanidine groups is 1. The molecule has 0 aromatic carbocycles. The van der Waals surface area contributed by atoms with Crippen LogP contribution in [0.1, 0.15) is 46.5 Å². The molecule has 0 unspecified atom stereocenters. The summed E-state index contributed by atoms with van der Waals surface area (Å²) in [7, 11) is 0. The first-order chi connectivity index (χ1) is 8.59. The molecule has 0 aliphatic heterocycles. The van der Waals surface area contributed by atoms with Crippen LogP contribution in [0.5, 0.6) is 0 Å². The first-order valence-electron chi connectivity index (χ1n) is 6.74. The topological polar surface area (TPSA) is 50.4 Å². The lowest BCUT2D eigenvalue weighted by Crippen LogP contribution is -2.45. The molecule has 0 bridgehead atoms. The van der Waals surface area contributed by atoms with Crippen LogP contribution < -0.4 is 11.1 Å². The molecule has 1 aliphatic rings. The number of rotatable bonds is 2. The fraction of sp³-hybridized carbons (Fsp3) is 0.923. The van der Waals surface area contributed by atoms with Crippen LogP contribution in [0.15, 0.2) is 4.99 Å². The minimum absolute atomic E-state index is 0. The smallest absolute Gasteiger partial charge is 0.370 e. The van der Waals surface area contributed by atoms with Crippen LogP contribution in [0, 0.1) is 11.8 Å². The molecule has 1 fully saturated rings. The number of alkyl halides is 3. The molecule has 0 spiro atoms. The number of nitrogens with one attached hydrogen (secondary N) is 1. The molecule has 0 heterocycles. The minimum atomic E-state index is -4.12. The summed E-state index contributed by atoms with van der Waals surface area (Å²) in [6.45, 7) is 5.93. The van der Waals surface area contributed by atoms with Crippen LogP contribution in [0.4, 0.5) is 13.2 Å². The molecule has 0 amide bonds. The first kappa shape index (κ1) is 19.8. The second-order valence-electron chi connectivity index (χ2n) is 6.29. The van der Waals surface area contributed by atoms with Crippen molar-refractivity contribution in [3.8, 4) is 0 Å². The van der Waals surface area contributed by atoms with Gasteiger partial charge in [0, 0.05) is 12.1 Å². The minimum Gasteiger partial charge on any atom is -0.370 e. The van der Waals surface area contributed by atoms with E-state index in [1.165, 1.54) is 0 Å². The molecular formula is C13H25F3IN3. The Kier molecular flexibility index (Phi) is 7.62. The zero-order valence-corrected chi connectivity index (χ0v) is 14.6. The van der Waals surface area contributed by atoms with Crippen LogP contribution >= 0.6 is 24.0 Å². The third kappa shape index (κ3) is 6.99. The molecule has 7 heteroatoms. The maximum Gasteiger partial charge on any atom is 0.392 e. The maximum atomic E-state index is 12.9. The molecule has 0 saturated heterocycles. The highest BCUT2D eigenvalue weighted by Gasteiger charge is 2.45. The van der Waals surface area contributed by atoms with Crippen LogP contribution in [0.2, 0.25) is 0 Å². The Morgan fingerprint density at radius 3 is 2.25 bits per heavy atom. The van der Waals surface area contributed by atoms with Crippen LogP contribution in [0.3, 0.4) is 0 Å². The second kappa shape index (κ2) is 7.70. The molecule has 0 aromatic heterocycles. The zero-order chi connectivity index (χ0) is 14.7. The van der Waals surface area contributed by atoms with Crippen molar-refractivity contribution in [1.29, 1.82) is 0 Å². The van der Waals surface area contributed by atoms with Gasteiger partial charge in [0.15, 0.2) is 5.96 Å². The van der Waals surface area contributed by atoms with Gasteiger partial charge >= 0.3 is 6.18 Å². The summed E-state index contributed by atoms with van der Waals surface area (Å²) >= 11 is 0. The van der Waals surface area contributed by atoms with Gasteiger partial charge in [-0.1, -0.05) is 12.8 Å². The fourth-order valence-corrected chi connectivity index (χ4v) is 2.50. The third-order valence-corrected chi connectivity index (χ3v) is 3.33. The van der Waals surface area contributed by atoms with E-state index in [4.69, 9.17) is 5.73 Å². The largest absolute Gasteiger partial charge is 0.392 e. The van der Waals surface area contributed by atoms with Crippen molar-refractivity contribution in [3.05, 3.63) is 0 Å². The molecule has 1 saturated carbocycles. The van der Waals surface area contributed by atoms with Gasteiger partial charge in [0.1, 0.15) is 0 Å². The lowest BCUT2D eigenvalue weighted by molar-refractivity contribution is -0.195. The highest BCUT2D eigenvalue weighted by atomic mass is 127. The van der Waals surface area contributed by atoms with E-state index in [9.17, 15) is 13.2 Å². The molecule has 1 aliphatic carbocycles. The van der Waals surface area contributed by atoms with E-state index in [0.29, 0.717) is 12.8 Å². The molecule has 0 aromatic rings. The Bertz CT molecular complexity index is 324. The van der Waals surface area contributed by atoms with Gasteiger partial charge in [-0.2, -0.15) is 13.2 Å². The molecular weight excluding hydrogens is 382 g/mol. The summed E-state index contributed by atoms with van der Waals surface area (Å²) in [4.78, 5) is 4.08. The number of nitrogens with two attached hydrogens (primary N) is 1. The van der Waals surface area contributed by atoms with Gasteiger partial charge in [0.25, 0.3) is 0 Å². The normalized spacial score (nSPS) is 25.0. The first-order valence-corrected chi connectivity index (χ1v) is 6.74. The van der Waals surface area contributed by atoms with Gasteiger partial charge in [0.2, 0.25) is 0 Å². The standard InChI is InChI=1S/C13H24F3N3.HI/c1-12(2,3)19-11(17)18-8-9-6-4-5-7-10(9)13(14,15)16;/h9-10H,4-8H2,1-3H3,(H3,17,18,19);1H/t9-,10-;/m1./s1. The zero-order valence-electron chi connectivity index (χ0n) is 12.3. The van der Waals surface area contributed by atoms with Crippen molar-refractivity contribution in [2.75, 3.05) is 6.54 Å². The second-order valence-corrected chi connectivity index (χ2v) is 6.29. The van der Waals surface area contributed by atoms with E-state index < -0.39 is 18.0 Å². The SMILES string of the molecule is CC(C)(C)NC(N)=NC[C@H]1CCCC[C@H]1C(F)(F)F.I. The van der Waals surface area contributed by atoms with Gasteiger partial charge in [-0.25, -0.2) is 0 Å². The molecule has 3 N–H and O–H groups in total. The predicted molar refractivity (Wildman–Crippen MR) is 86.3 cm³/mol. The van der Waals surface area contributed by atoms with E-state index >= 15 is 0 Å². The van der Waals surface area contributed by atoms with E-state index in [-0.39, 0.29) is 48.4 Å². The summed E-state index contributed by atoms with van der Waals surface area (Å²) in [6, 6.07) is 0. The summed E-state index contributed by atoms with van der Waals surface area (Å²) in [6.07, 6.45) is -1.82. The van der Waals surface area contributed by atoms with Gasteiger partial charge < -0.3 is 11.1 Å². The lowest BCUT2D eigenvalue weighted by Gasteiger charge is -2.32. The number of nitrogens with zero attached hydrogens (tertiary/aromatic N) is 1. The number of aliphatic imine (C=N–C) groups is 1. The lowest BCUT2D eigenvalue weighted by atomic mass is 9.79. The Morgan fingerprint density at radius 1 is 1.20 bits per heavy atom. The highest BCUT2D eigenvalue weighted by molar-refractivity contribution is 14.0. The van der Waals surface area contributed by atoms with Gasteiger partial charge in [-0.3, -0.25) is 4.99 Å². The van der Waals surface area contributed by atoms with E-state index in [1.807, 2.05) is 20.8 Å². The Balaban J connectivity index is 0.00000361. The van der Waals surface area contributed by atoms with Crippen LogP contribution in [0.25, 0.3) is 0 Å². The molecule has 3 nitrogen and oxygen atoms in total. The molecule has 2 atom stereocenters. The average molecular weight is 407 g/mol. The summed E-state index contributed by atoms with van der Waals surface area (Å²) < 4.78 is 38.7. The summed E-state index contributed by atoms with van der Waals surface area (Å²) in [5.41, 5.74) is 5.46. The summed E-state index contributed by atoms with van der Waals surface area (Å²) in [5.74, 6) is -1.44. The Morgan fingerprint density at radius 2 is 1.75 bits per heavy atom. The number of halogens is 4. The van der Waals surface area contributed by atoms with Crippen LogP contribution in [-0.4, -0.2) is 24.2 Å². The van der Waals surface area contributed by atoms with E-state index in [2.05, 4.69) is 10.3 Å². The number of hydrogen-bond acceptors (Lipinski definition) is 1. The quantitative estimate of drug-likeness (QED) is 0.417. The molecule has 1 rings (SSSR count). The fourth-order valence-electron chi connectivity index (χ4n) is 2.50. The Labute approximate surface area is 136 Å². The number of hydrogen-bond donors (Lipinski definition) is 2. The van der Waals surface area contributed by atoms with E-state index in [0.717, 1.165) is 6.42 Å². The predicted octanol–water partition coefficient (Wildman–Crippen LogP) is 3.68. The van der Waals surface area contributed by atoms with Gasteiger partial charge in [0.05, 0.1) is 5.92 Å². The van der Waals surface area contributed by atoms with Crippen molar-refractivity contribution >= 4 is 29.9 Å². The van der Waals surface area contributed by atoms with Crippen molar-refractivity contribution < 1.29 is 13.2 Å². The highest BCUT2D eigenvalue weighted by Crippen LogP contribution is 2.41.